The Hall–Kier alpha value is -4.34. The first-order chi connectivity index (χ1) is 18.9. The van der Waals surface area contributed by atoms with Crippen LogP contribution in [0.1, 0.15) is 5.56 Å². The fourth-order valence-corrected chi connectivity index (χ4v) is 4.81. The van der Waals surface area contributed by atoms with E-state index in [1.807, 2.05) is 17.0 Å². The molecule has 2 aromatic carbocycles. The van der Waals surface area contributed by atoms with Gasteiger partial charge in [0.15, 0.2) is 0 Å². The molecule has 0 radical (unpaired) electrons. The number of carbonyl (C=O) groups is 2. The van der Waals surface area contributed by atoms with Gasteiger partial charge in [-0.2, -0.15) is 0 Å². The molecule has 198 valence electrons. The van der Waals surface area contributed by atoms with Gasteiger partial charge in [-0.15, -0.1) is 0 Å². The van der Waals surface area contributed by atoms with Crippen molar-refractivity contribution in [3.8, 4) is 5.69 Å². The normalized spacial score (nSPS) is 17.1. The first-order valence-corrected chi connectivity index (χ1v) is 12.7. The van der Waals surface area contributed by atoms with Crippen LogP contribution in [0.4, 0.5) is 15.8 Å². The van der Waals surface area contributed by atoms with Crippen LogP contribution in [0.25, 0.3) is 5.69 Å². The lowest BCUT2D eigenvalue weighted by atomic mass is 9.94. The Morgan fingerprint density at radius 3 is 2.28 bits per heavy atom. The lowest BCUT2D eigenvalue weighted by molar-refractivity contribution is -0.127. The third-order valence-corrected chi connectivity index (χ3v) is 6.90. The summed E-state index contributed by atoms with van der Waals surface area (Å²) in [6, 6.07) is 19.3. The van der Waals surface area contributed by atoms with Crippen molar-refractivity contribution in [2.75, 3.05) is 23.7 Å². The first-order valence-electron chi connectivity index (χ1n) is 12.3. The topological polar surface area (TPSA) is 96.3 Å². The second kappa shape index (κ2) is 11.6. The summed E-state index contributed by atoms with van der Waals surface area (Å²) in [6.45, 7) is 1.19. The van der Waals surface area contributed by atoms with Gasteiger partial charge in [0.1, 0.15) is 5.82 Å². The zero-order chi connectivity index (χ0) is 27.4. The van der Waals surface area contributed by atoms with Crippen LogP contribution < -0.4 is 16.2 Å². The van der Waals surface area contributed by atoms with E-state index in [-0.39, 0.29) is 17.2 Å². The number of anilines is 2. The molecule has 1 aliphatic rings. The number of benzene rings is 2. The molecule has 2 N–H and O–H groups in total. The summed E-state index contributed by atoms with van der Waals surface area (Å²) in [5.41, 5.74) is 1.57. The number of hydrogen-bond acceptors (Lipinski definition) is 5. The lowest BCUT2D eigenvalue weighted by Gasteiger charge is -2.18. The second-order valence-electron chi connectivity index (χ2n) is 9.32. The monoisotopic (exact) mass is 545 g/mol. The minimum atomic E-state index is -0.727. The molecule has 1 saturated heterocycles. The predicted octanol–water partition coefficient (Wildman–Crippen LogP) is 4.35. The zero-order valence-electron chi connectivity index (χ0n) is 20.8. The van der Waals surface area contributed by atoms with Crippen molar-refractivity contribution >= 4 is 34.8 Å². The summed E-state index contributed by atoms with van der Waals surface area (Å²) in [5.74, 6) is -2.87. The van der Waals surface area contributed by atoms with Gasteiger partial charge in [-0.3, -0.25) is 28.8 Å². The van der Waals surface area contributed by atoms with E-state index in [0.29, 0.717) is 36.0 Å². The molecule has 3 heterocycles. The number of amides is 2. The van der Waals surface area contributed by atoms with E-state index in [4.69, 9.17) is 11.6 Å². The Morgan fingerprint density at radius 1 is 0.923 bits per heavy atom. The van der Waals surface area contributed by atoms with Gasteiger partial charge in [-0.05, 0) is 60.2 Å². The molecule has 5 rings (SSSR count). The molecule has 10 heteroatoms. The minimum absolute atomic E-state index is 0.0304. The van der Waals surface area contributed by atoms with E-state index in [9.17, 15) is 14.4 Å². The Morgan fingerprint density at radius 2 is 1.62 bits per heavy atom. The third-order valence-electron chi connectivity index (χ3n) is 6.65. The molecule has 4 aromatic rings. The van der Waals surface area contributed by atoms with E-state index in [0.717, 1.165) is 5.56 Å². The Bertz CT molecular complexity index is 1540. The van der Waals surface area contributed by atoms with Gasteiger partial charge >= 0.3 is 0 Å². The van der Waals surface area contributed by atoms with Crippen LogP contribution in [0.2, 0.25) is 5.02 Å². The van der Waals surface area contributed by atoms with Crippen LogP contribution >= 0.6 is 11.6 Å². The minimum Gasteiger partial charge on any atom is -0.326 e. The Labute approximate surface area is 229 Å². The summed E-state index contributed by atoms with van der Waals surface area (Å²) in [6.07, 6.45) is 4.92. The van der Waals surface area contributed by atoms with Gasteiger partial charge in [0.25, 0.3) is 5.56 Å². The van der Waals surface area contributed by atoms with Crippen molar-refractivity contribution in [3.63, 3.8) is 0 Å². The zero-order valence-corrected chi connectivity index (χ0v) is 21.5. The highest BCUT2D eigenvalue weighted by molar-refractivity contribution is 6.30. The molecule has 1 fully saturated rings. The summed E-state index contributed by atoms with van der Waals surface area (Å²) < 4.78 is 16.3. The number of carbonyl (C=O) groups excluding carboxylic acids is 2. The maximum absolute atomic E-state index is 15.0. The van der Waals surface area contributed by atoms with Crippen LogP contribution in [0.5, 0.6) is 0 Å². The number of aromatic nitrogens is 2. The van der Waals surface area contributed by atoms with Crippen molar-refractivity contribution in [1.82, 2.24) is 14.5 Å². The van der Waals surface area contributed by atoms with E-state index >= 15 is 4.39 Å². The largest absolute Gasteiger partial charge is 0.326 e. The smallest absolute Gasteiger partial charge is 0.255 e. The van der Waals surface area contributed by atoms with Gasteiger partial charge in [-0.1, -0.05) is 17.7 Å². The van der Waals surface area contributed by atoms with Crippen LogP contribution in [0.3, 0.4) is 0 Å². The molecule has 2 amide bonds. The molecule has 8 nitrogen and oxygen atoms in total. The number of hydrogen-bond donors (Lipinski definition) is 2. The van der Waals surface area contributed by atoms with Crippen LogP contribution in [0, 0.1) is 17.7 Å². The highest BCUT2D eigenvalue weighted by atomic mass is 35.5. The quantitative estimate of drug-likeness (QED) is 0.360. The number of nitrogens with one attached hydrogen (secondary N) is 2. The standard InChI is InChI=1S/C29H25ClFN5O3/c30-20-4-6-21(7-5-20)33-28(38)23-17-35(16-19-10-12-32-13-11-19)18-24(23)29(39)34-26-9-8-22(15-25(26)31)36-14-2-1-3-27(36)37/h1-15,23-24H,16-18H2,(H,33,38)(H,34,39)/t23-,24-/m0/s1. The van der Waals surface area contributed by atoms with Crippen molar-refractivity contribution in [2.45, 2.75) is 6.54 Å². The number of nitrogens with zero attached hydrogens (tertiary/aromatic N) is 3. The van der Waals surface area contributed by atoms with Gasteiger partial charge < -0.3 is 10.6 Å². The Kier molecular flexibility index (Phi) is 7.81. The molecule has 0 spiro atoms. The fourth-order valence-electron chi connectivity index (χ4n) is 4.68. The molecule has 2 atom stereocenters. The first kappa shape index (κ1) is 26.3. The van der Waals surface area contributed by atoms with E-state index in [2.05, 4.69) is 15.6 Å². The Balaban J connectivity index is 1.35. The summed E-state index contributed by atoms with van der Waals surface area (Å²) in [4.78, 5) is 44.9. The average molecular weight is 546 g/mol. The van der Waals surface area contributed by atoms with Gasteiger partial charge in [-0.25, -0.2) is 4.39 Å². The third kappa shape index (κ3) is 6.22. The van der Waals surface area contributed by atoms with Crippen molar-refractivity contribution in [2.24, 2.45) is 11.8 Å². The maximum atomic E-state index is 15.0. The van der Waals surface area contributed by atoms with Crippen molar-refractivity contribution in [3.05, 3.63) is 118 Å². The average Bonchev–Trinajstić information content (AvgIpc) is 3.36. The molecule has 0 unspecified atom stereocenters. The maximum Gasteiger partial charge on any atom is 0.255 e. The van der Waals surface area contributed by atoms with Crippen molar-refractivity contribution in [1.29, 1.82) is 0 Å². The van der Waals surface area contributed by atoms with E-state index < -0.39 is 23.6 Å². The molecule has 1 aliphatic heterocycles. The van der Waals surface area contributed by atoms with E-state index in [1.165, 1.54) is 29.0 Å². The second-order valence-corrected chi connectivity index (χ2v) is 9.76. The SMILES string of the molecule is O=C(Nc1ccc(Cl)cc1)[C@H]1CN(Cc2ccncc2)C[C@@H]1C(=O)Nc1ccc(-n2ccccc2=O)cc1F. The van der Waals surface area contributed by atoms with Crippen LogP contribution in [-0.4, -0.2) is 39.4 Å². The lowest BCUT2D eigenvalue weighted by Crippen LogP contribution is -2.35. The molecular weight excluding hydrogens is 521 g/mol. The fraction of sp³-hybridized carbons (Fsp3) is 0.172. The van der Waals surface area contributed by atoms with Crippen LogP contribution in [0.15, 0.2) is 96.2 Å². The van der Waals surface area contributed by atoms with Gasteiger partial charge in [0.2, 0.25) is 11.8 Å². The molecule has 0 bridgehead atoms. The number of rotatable bonds is 7. The molecule has 0 aliphatic carbocycles. The van der Waals surface area contributed by atoms with E-state index in [1.54, 1.807) is 54.9 Å². The van der Waals surface area contributed by atoms with Gasteiger partial charge in [0.05, 0.1) is 23.2 Å². The predicted molar refractivity (Wildman–Crippen MR) is 147 cm³/mol. The molecule has 0 saturated carbocycles. The number of likely N-dealkylation sites (tertiary alicyclic amines) is 1. The molecule has 39 heavy (non-hydrogen) atoms. The summed E-state index contributed by atoms with van der Waals surface area (Å²) >= 11 is 5.95. The number of halogens is 2. The summed E-state index contributed by atoms with van der Waals surface area (Å²) in [7, 11) is 0. The van der Waals surface area contributed by atoms with Crippen molar-refractivity contribution < 1.29 is 14.0 Å². The molecular formula is C29H25ClFN5O3. The molecule has 2 aromatic heterocycles. The summed E-state index contributed by atoms with van der Waals surface area (Å²) in [5, 5.41) is 6.06. The van der Waals surface area contributed by atoms with Crippen LogP contribution in [-0.2, 0) is 16.1 Å². The van der Waals surface area contributed by atoms with Gasteiger partial charge in [0, 0.05) is 61.1 Å². The highest BCUT2D eigenvalue weighted by Crippen LogP contribution is 2.29. The number of pyridine rings is 2. The highest BCUT2D eigenvalue weighted by Gasteiger charge is 2.42.